The first-order chi connectivity index (χ1) is 40.5. The summed E-state index contributed by atoms with van der Waals surface area (Å²) in [6.45, 7) is 16.5. The Morgan fingerprint density at radius 3 is 1.27 bits per heavy atom. The molecule has 0 unspecified atom stereocenters. The number of ether oxygens (including phenoxy) is 9. The van der Waals surface area contributed by atoms with Crippen molar-refractivity contribution in [2.75, 3.05) is 54.4 Å². The Bertz CT molecular complexity index is 2440. The number of benzene rings is 4. The van der Waals surface area contributed by atoms with Crippen LogP contribution in [0.1, 0.15) is 124 Å². The fourth-order valence-corrected chi connectivity index (χ4v) is 9.47. The monoisotopic (exact) mass is 1170 g/mol. The van der Waals surface area contributed by atoms with E-state index in [9.17, 15) is 28.8 Å². The summed E-state index contributed by atoms with van der Waals surface area (Å²) >= 11 is 1.49. The highest BCUT2D eigenvalue weighted by Gasteiger charge is 2.29. The Morgan fingerprint density at radius 1 is 0.506 bits per heavy atom. The molecular weight excluding hydrogens is 1080 g/mol. The molecule has 16 nitrogen and oxygen atoms in total. The number of rotatable bonds is 29. The van der Waals surface area contributed by atoms with Gasteiger partial charge in [0.1, 0.15) is 68.6 Å². The maximum Gasteiger partial charge on any atom is 0.314 e. The minimum Gasteiger partial charge on any atom is -0.497 e. The fraction of sp³-hybridized carbons (Fsp3) is 0.470. The predicted octanol–water partition coefficient (Wildman–Crippen LogP) is 14.5. The Morgan fingerprint density at radius 2 is 0.880 bits per heavy atom. The molecule has 4 aromatic carbocycles. The molecule has 17 heteroatoms. The number of fused-ring (bicyclic) bond motifs is 1. The highest BCUT2D eigenvalue weighted by molar-refractivity contribution is 7.22. The fourth-order valence-electron chi connectivity index (χ4n) is 8.39. The van der Waals surface area contributed by atoms with Gasteiger partial charge in [0, 0.05) is 23.3 Å². The van der Waals surface area contributed by atoms with Crippen LogP contribution in [-0.4, -0.2) is 97.1 Å². The number of carbonyl (C=O) groups excluding carboxylic acids is 6. The average molecular weight is 1170 g/mol. The second-order valence-electron chi connectivity index (χ2n) is 19.2. The maximum absolute atomic E-state index is 12.8. The van der Waals surface area contributed by atoms with E-state index < -0.39 is 0 Å². The number of hydrogen-bond donors (Lipinski definition) is 0. The summed E-state index contributed by atoms with van der Waals surface area (Å²) in [5.41, 5.74) is 1.57. The van der Waals surface area contributed by atoms with Gasteiger partial charge < -0.3 is 57.0 Å². The van der Waals surface area contributed by atoms with Crippen LogP contribution in [0.2, 0.25) is 0 Å². The van der Waals surface area contributed by atoms with E-state index in [0.717, 1.165) is 153 Å². The zero-order chi connectivity index (χ0) is 60.7. The third-order valence-corrected chi connectivity index (χ3v) is 14.0. The van der Waals surface area contributed by atoms with E-state index in [2.05, 4.69) is 22.6 Å². The molecule has 83 heavy (non-hydrogen) atoms. The number of esters is 1. The number of unbranched alkanes of at least 4 members (excludes halogenated alkanes) is 6. The summed E-state index contributed by atoms with van der Waals surface area (Å²) in [4.78, 5) is 68.8. The van der Waals surface area contributed by atoms with Crippen molar-refractivity contribution >= 4 is 59.3 Å². The molecule has 1 aromatic heterocycles. The second-order valence-corrected chi connectivity index (χ2v) is 20.2. The maximum atomic E-state index is 12.8. The first-order valence-corrected chi connectivity index (χ1v) is 29.4. The zero-order valence-electron chi connectivity index (χ0n) is 49.7. The van der Waals surface area contributed by atoms with Crippen molar-refractivity contribution in [2.45, 2.75) is 124 Å². The minimum atomic E-state index is -0.258. The first kappa shape index (κ1) is 71.6. The molecule has 0 spiro atoms. The summed E-state index contributed by atoms with van der Waals surface area (Å²) in [6.07, 6.45) is 21.1. The lowest BCUT2D eigenvalue weighted by molar-refractivity contribution is -0.140. The van der Waals surface area contributed by atoms with Crippen molar-refractivity contribution in [3.63, 3.8) is 0 Å². The molecule has 0 N–H and O–H groups in total. The lowest BCUT2D eigenvalue weighted by Gasteiger charge is -2.23. The topological polar surface area (TPSA) is 198 Å². The van der Waals surface area contributed by atoms with Gasteiger partial charge in [0.05, 0.1) is 60.3 Å². The SMILES string of the molecule is C=CC.C=CC.CCOc1ccc(-c2nc3c(OC(=O)C4CCC(C=O)CC4)ccc(OC)c3s2)cc1.COc1ccc(OCCCCCCOC=O)cc1.COc1ccc(OCCCCCCOC=O)cc1.O=CC1CCC(C=O)CC1. The number of methoxy groups -OCH3 is 3. The molecule has 0 saturated heterocycles. The van der Waals surface area contributed by atoms with Crippen molar-refractivity contribution < 1.29 is 71.4 Å². The summed E-state index contributed by atoms with van der Waals surface area (Å²) < 4.78 is 48.2. The predicted molar refractivity (Wildman–Crippen MR) is 327 cm³/mol. The zero-order valence-corrected chi connectivity index (χ0v) is 50.5. The van der Waals surface area contributed by atoms with E-state index in [1.165, 1.54) is 11.3 Å². The van der Waals surface area contributed by atoms with Gasteiger partial charge >= 0.3 is 5.97 Å². The molecule has 0 amide bonds. The van der Waals surface area contributed by atoms with Gasteiger partial charge in [0.15, 0.2) is 5.75 Å². The highest BCUT2D eigenvalue weighted by atomic mass is 32.1. The van der Waals surface area contributed by atoms with E-state index in [1.807, 2.05) is 93.6 Å². The molecule has 0 atom stereocenters. The van der Waals surface area contributed by atoms with Gasteiger partial charge in [-0.15, -0.1) is 24.5 Å². The van der Waals surface area contributed by atoms with Crippen LogP contribution in [0.4, 0.5) is 0 Å². The van der Waals surface area contributed by atoms with Crippen LogP contribution in [0.25, 0.3) is 20.8 Å². The molecular formula is C66H89NO15S. The van der Waals surface area contributed by atoms with Gasteiger partial charge in [-0.3, -0.25) is 14.4 Å². The standard InChI is InChI=1S/C24H25NO5S.2C14H20O4.C8H12O2.2C3H6/c1-3-29-18-10-8-16(9-11-18)23-25-21-19(12-13-20(28-2)22(21)31-23)30-24(27)17-6-4-15(14-26)5-7-17;2*1-16-13-6-8-14(9-7-13)18-11-5-3-2-4-10-17-12-15;9-5-7-1-2-8(6-10)4-3-7;2*1-3-2/h8-15,17H,3-7H2,1-2H3;2*6-9,12H,2-5,10-11H2,1H3;5-8H,1-4H2;2*3H,1H2,2H3. The lowest BCUT2D eigenvalue weighted by atomic mass is 9.83. The van der Waals surface area contributed by atoms with Crippen molar-refractivity contribution in [1.82, 2.24) is 4.98 Å². The molecule has 454 valence electrons. The van der Waals surface area contributed by atoms with Crippen LogP contribution in [-0.2, 0) is 38.2 Å². The third kappa shape index (κ3) is 29.8. The van der Waals surface area contributed by atoms with Crippen LogP contribution in [0.3, 0.4) is 0 Å². The van der Waals surface area contributed by atoms with Crippen LogP contribution < -0.4 is 33.2 Å². The molecule has 2 fully saturated rings. The minimum absolute atomic E-state index is 0.0620. The van der Waals surface area contributed by atoms with Crippen LogP contribution in [0.15, 0.2) is 110 Å². The van der Waals surface area contributed by atoms with Gasteiger partial charge in [0.25, 0.3) is 12.9 Å². The van der Waals surface area contributed by atoms with E-state index in [1.54, 1.807) is 45.6 Å². The second kappa shape index (κ2) is 46.0. The molecule has 0 bridgehead atoms. The normalized spacial score (nSPS) is 15.5. The van der Waals surface area contributed by atoms with Crippen molar-refractivity contribution in [1.29, 1.82) is 0 Å². The Labute approximate surface area is 496 Å². The van der Waals surface area contributed by atoms with Gasteiger partial charge in [0.2, 0.25) is 0 Å². The summed E-state index contributed by atoms with van der Waals surface area (Å²) in [6, 6.07) is 26.4. The third-order valence-electron chi connectivity index (χ3n) is 12.9. The molecule has 7 rings (SSSR count). The van der Waals surface area contributed by atoms with E-state index >= 15 is 0 Å². The van der Waals surface area contributed by atoms with Gasteiger partial charge in [-0.25, -0.2) is 4.98 Å². The number of allylic oxidation sites excluding steroid dienone is 2. The number of carbonyl (C=O) groups is 6. The van der Waals surface area contributed by atoms with Crippen molar-refractivity contribution in [3.8, 4) is 50.8 Å². The molecule has 0 aliphatic heterocycles. The number of aromatic nitrogens is 1. The van der Waals surface area contributed by atoms with E-state index in [4.69, 9.17) is 38.1 Å². The van der Waals surface area contributed by atoms with Gasteiger partial charge in [-0.1, -0.05) is 12.2 Å². The molecule has 0 radical (unpaired) electrons. The molecule has 1 heterocycles. The Balaban J connectivity index is 0.000000391. The summed E-state index contributed by atoms with van der Waals surface area (Å²) in [5.74, 6) is 5.41. The Kier molecular flexibility index (Phi) is 39.7. The number of hydrogen-bond acceptors (Lipinski definition) is 17. The number of nitrogens with zero attached hydrogens (tertiary/aromatic N) is 1. The molecule has 2 aliphatic rings. The summed E-state index contributed by atoms with van der Waals surface area (Å²) in [5, 5.41) is 0.811. The average Bonchev–Trinajstić information content (AvgIpc) is 4.22. The van der Waals surface area contributed by atoms with Crippen molar-refractivity contribution in [3.05, 3.63) is 110 Å². The smallest absolute Gasteiger partial charge is 0.314 e. The number of aldehydes is 3. The van der Waals surface area contributed by atoms with Crippen LogP contribution in [0, 0.1) is 23.7 Å². The molecule has 2 saturated carbocycles. The summed E-state index contributed by atoms with van der Waals surface area (Å²) in [7, 11) is 4.90. The van der Waals surface area contributed by atoms with Crippen LogP contribution in [0.5, 0.6) is 40.2 Å². The van der Waals surface area contributed by atoms with Gasteiger partial charge in [-0.05, 0) is 208 Å². The van der Waals surface area contributed by atoms with E-state index in [0.29, 0.717) is 75.8 Å². The largest absolute Gasteiger partial charge is 0.497 e. The highest BCUT2D eigenvalue weighted by Crippen LogP contribution is 2.41. The Hall–Kier alpha value is -7.53. The number of thiazole rings is 1. The first-order valence-electron chi connectivity index (χ1n) is 28.6. The lowest BCUT2D eigenvalue weighted by Crippen LogP contribution is -2.26. The van der Waals surface area contributed by atoms with Crippen molar-refractivity contribution in [2.24, 2.45) is 23.7 Å². The van der Waals surface area contributed by atoms with E-state index in [-0.39, 0.29) is 29.6 Å². The molecule has 2 aliphatic carbocycles. The molecule has 5 aromatic rings. The van der Waals surface area contributed by atoms with Crippen LogP contribution >= 0.6 is 11.3 Å². The van der Waals surface area contributed by atoms with Gasteiger partial charge in [-0.2, -0.15) is 0 Å². The quantitative estimate of drug-likeness (QED) is 0.0144.